The monoisotopic (exact) mass is 229 g/mol. The predicted octanol–water partition coefficient (Wildman–Crippen LogP) is 4.59. The zero-order valence-corrected chi connectivity index (χ0v) is 10.9. The van der Waals surface area contributed by atoms with Crippen molar-refractivity contribution in [1.82, 2.24) is 5.16 Å². The van der Waals surface area contributed by atoms with Crippen LogP contribution in [-0.2, 0) is 0 Å². The zero-order valence-electron chi connectivity index (χ0n) is 10.9. The molecule has 1 aromatic carbocycles. The Labute approximate surface area is 103 Å². The lowest BCUT2D eigenvalue weighted by Gasteiger charge is -2.09. The summed E-state index contributed by atoms with van der Waals surface area (Å²) in [5, 5.41) is 4.18. The van der Waals surface area contributed by atoms with Gasteiger partial charge in [-0.2, -0.15) is 0 Å². The van der Waals surface area contributed by atoms with Gasteiger partial charge in [0, 0.05) is 17.5 Å². The van der Waals surface area contributed by atoms with Crippen LogP contribution in [0, 0.1) is 0 Å². The van der Waals surface area contributed by atoms with Crippen molar-refractivity contribution in [2.45, 2.75) is 39.5 Å². The average molecular weight is 229 g/mol. The van der Waals surface area contributed by atoms with Crippen LogP contribution in [-0.4, -0.2) is 5.16 Å². The van der Waals surface area contributed by atoms with E-state index in [1.807, 2.05) is 12.1 Å². The number of aromatic nitrogens is 1. The lowest BCUT2D eigenvalue weighted by atomic mass is 9.95. The molecule has 2 aromatic rings. The van der Waals surface area contributed by atoms with E-state index in [1.54, 1.807) is 0 Å². The minimum atomic E-state index is 0.377. The van der Waals surface area contributed by atoms with Crippen LogP contribution in [0.15, 0.2) is 34.9 Å². The first kappa shape index (κ1) is 11.9. The van der Waals surface area contributed by atoms with Gasteiger partial charge in [0.15, 0.2) is 0 Å². The lowest BCUT2D eigenvalue weighted by Crippen LogP contribution is -1.91. The summed E-state index contributed by atoms with van der Waals surface area (Å²) in [5.74, 6) is 1.81. The summed E-state index contributed by atoms with van der Waals surface area (Å²) in [4.78, 5) is 0. The van der Waals surface area contributed by atoms with Gasteiger partial charge in [-0.3, -0.25) is 0 Å². The molecule has 0 aliphatic rings. The summed E-state index contributed by atoms with van der Waals surface area (Å²) in [6, 6.07) is 10.4. The van der Waals surface area contributed by atoms with Crippen molar-refractivity contribution < 1.29 is 4.52 Å². The highest BCUT2D eigenvalue weighted by Crippen LogP contribution is 2.29. The molecular formula is C15H19NO. The summed E-state index contributed by atoms with van der Waals surface area (Å²) in [6.07, 6.45) is 0. The van der Waals surface area contributed by atoms with Gasteiger partial charge in [-0.05, 0) is 11.5 Å². The number of nitrogens with zero attached hydrogens (tertiary/aromatic N) is 1. The van der Waals surface area contributed by atoms with E-state index in [9.17, 15) is 0 Å². The van der Waals surface area contributed by atoms with E-state index < -0.39 is 0 Å². The molecule has 2 heteroatoms. The molecule has 0 saturated carbocycles. The molecule has 0 amide bonds. The first-order valence-corrected chi connectivity index (χ1v) is 6.15. The maximum atomic E-state index is 5.37. The van der Waals surface area contributed by atoms with E-state index >= 15 is 0 Å². The fraction of sp³-hybridized carbons (Fsp3) is 0.400. The van der Waals surface area contributed by atoms with Gasteiger partial charge in [-0.25, -0.2) is 0 Å². The van der Waals surface area contributed by atoms with Crippen molar-refractivity contribution >= 4 is 0 Å². The van der Waals surface area contributed by atoms with E-state index in [-0.39, 0.29) is 0 Å². The smallest absolute Gasteiger partial charge is 0.139 e. The summed E-state index contributed by atoms with van der Waals surface area (Å²) < 4.78 is 5.37. The number of hydrogen-bond acceptors (Lipinski definition) is 2. The Morgan fingerprint density at radius 1 is 1.00 bits per heavy atom. The van der Waals surface area contributed by atoms with E-state index in [0.29, 0.717) is 11.8 Å². The van der Waals surface area contributed by atoms with E-state index in [2.05, 4.69) is 51.1 Å². The Bertz CT molecular complexity index is 497. The van der Waals surface area contributed by atoms with Crippen molar-refractivity contribution in [2.24, 2.45) is 0 Å². The summed E-state index contributed by atoms with van der Waals surface area (Å²) in [6.45, 7) is 8.61. The third-order valence-corrected chi connectivity index (χ3v) is 2.96. The van der Waals surface area contributed by atoms with Crippen LogP contribution in [0.2, 0.25) is 0 Å². The first-order chi connectivity index (χ1) is 8.09. The van der Waals surface area contributed by atoms with Gasteiger partial charge in [-0.1, -0.05) is 57.1 Å². The van der Waals surface area contributed by atoms with Crippen molar-refractivity contribution in [1.29, 1.82) is 0 Å². The van der Waals surface area contributed by atoms with Crippen molar-refractivity contribution in [3.63, 3.8) is 0 Å². The molecule has 0 aliphatic carbocycles. The summed E-state index contributed by atoms with van der Waals surface area (Å²) >= 11 is 0. The maximum absolute atomic E-state index is 5.37. The summed E-state index contributed by atoms with van der Waals surface area (Å²) in [7, 11) is 0. The second kappa shape index (κ2) is 4.74. The van der Waals surface area contributed by atoms with Gasteiger partial charge in [-0.15, -0.1) is 0 Å². The van der Waals surface area contributed by atoms with Crippen molar-refractivity contribution in [2.75, 3.05) is 0 Å². The molecular weight excluding hydrogens is 210 g/mol. The van der Waals surface area contributed by atoms with Crippen LogP contribution < -0.4 is 0 Å². The third-order valence-electron chi connectivity index (χ3n) is 2.96. The van der Waals surface area contributed by atoms with Crippen LogP contribution >= 0.6 is 0 Å². The van der Waals surface area contributed by atoms with Gasteiger partial charge in [0.1, 0.15) is 11.5 Å². The van der Waals surface area contributed by atoms with Crippen LogP contribution in [0.4, 0.5) is 0 Å². The highest BCUT2D eigenvalue weighted by Gasteiger charge is 2.13. The molecule has 0 atom stereocenters. The molecule has 0 unspecified atom stereocenters. The maximum Gasteiger partial charge on any atom is 0.139 e. The Kier molecular flexibility index (Phi) is 3.32. The molecule has 0 N–H and O–H groups in total. The van der Waals surface area contributed by atoms with Crippen LogP contribution in [0.3, 0.4) is 0 Å². The Balaban J connectivity index is 2.45. The highest BCUT2D eigenvalue weighted by molar-refractivity contribution is 5.64. The Morgan fingerprint density at radius 3 is 2.29 bits per heavy atom. The molecule has 0 spiro atoms. The van der Waals surface area contributed by atoms with Crippen LogP contribution in [0.5, 0.6) is 0 Å². The Morgan fingerprint density at radius 2 is 1.71 bits per heavy atom. The van der Waals surface area contributed by atoms with E-state index in [0.717, 1.165) is 11.5 Å². The molecule has 90 valence electrons. The molecule has 0 fully saturated rings. The molecule has 0 radical (unpaired) electrons. The molecule has 0 aliphatic heterocycles. The van der Waals surface area contributed by atoms with E-state index in [4.69, 9.17) is 4.52 Å². The number of hydrogen-bond donors (Lipinski definition) is 0. The normalized spacial score (nSPS) is 11.4. The van der Waals surface area contributed by atoms with E-state index in [1.165, 1.54) is 11.1 Å². The molecule has 17 heavy (non-hydrogen) atoms. The Hall–Kier alpha value is -1.57. The molecule has 1 heterocycles. The van der Waals surface area contributed by atoms with Gasteiger partial charge in [0.2, 0.25) is 0 Å². The molecule has 2 nitrogen and oxygen atoms in total. The van der Waals surface area contributed by atoms with Crippen molar-refractivity contribution in [3.8, 4) is 11.3 Å². The van der Waals surface area contributed by atoms with Crippen LogP contribution in [0.1, 0.15) is 50.9 Å². The number of rotatable bonds is 3. The fourth-order valence-corrected chi connectivity index (χ4v) is 1.92. The topological polar surface area (TPSA) is 26.0 Å². The third kappa shape index (κ3) is 2.41. The fourth-order valence-electron chi connectivity index (χ4n) is 1.92. The van der Waals surface area contributed by atoms with Gasteiger partial charge < -0.3 is 4.52 Å². The minimum absolute atomic E-state index is 0.377. The van der Waals surface area contributed by atoms with Crippen LogP contribution in [0.25, 0.3) is 11.3 Å². The largest absolute Gasteiger partial charge is 0.361 e. The van der Waals surface area contributed by atoms with Gasteiger partial charge in [0.25, 0.3) is 0 Å². The summed E-state index contributed by atoms with van der Waals surface area (Å²) in [5.41, 5.74) is 3.44. The minimum Gasteiger partial charge on any atom is -0.361 e. The molecule has 2 rings (SSSR count). The molecule has 1 aromatic heterocycles. The average Bonchev–Trinajstić information content (AvgIpc) is 2.78. The second-order valence-electron chi connectivity index (χ2n) is 5.01. The lowest BCUT2D eigenvalue weighted by molar-refractivity contribution is 0.373. The molecule has 0 bridgehead atoms. The molecule has 0 saturated heterocycles. The number of benzene rings is 1. The highest BCUT2D eigenvalue weighted by atomic mass is 16.5. The predicted molar refractivity (Wildman–Crippen MR) is 70.1 cm³/mol. The standard InChI is InChI=1S/C15H19NO/c1-10(2)12-7-5-6-8-13(12)14-9-15(11(3)4)17-16-14/h5-11H,1-4H3. The van der Waals surface area contributed by atoms with Gasteiger partial charge in [0.05, 0.1) is 0 Å². The SMILES string of the molecule is CC(C)c1cc(-c2ccccc2C(C)C)no1. The zero-order chi connectivity index (χ0) is 12.4. The van der Waals surface area contributed by atoms with Crippen molar-refractivity contribution in [3.05, 3.63) is 41.7 Å². The van der Waals surface area contributed by atoms with Gasteiger partial charge >= 0.3 is 0 Å². The second-order valence-corrected chi connectivity index (χ2v) is 5.01. The quantitative estimate of drug-likeness (QED) is 0.769. The first-order valence-electron chi connectivity index (χ1n) is 6.15.